The molecular weight excluding hydrogens is 337 g/mol. The Labute approximate surface area is 145 Å². The molecule has 122 valence electrons. The van der Waals surface area contributed by atoms with Crippen molar-refractivity contribution in [1.29, 1.82) is 0 Å². The monoisotopic (exact) mass is 353 g/mol. The molecule has 2 aromatic rings. The Morgan fingerprint density at radius 1 is 1.22 bits per heavy atom. The van der Waals surface area contributed by atoms with Crippen molar-refractivity contribution >= 4 is 29.3 Å². The highest BCUT2D eigenvalue weighted by Crippen LogP contribution is 2.23. The highest BCUT2D eigenvalue weighted by atomic mass is 35.5. The van der Waals surface area contributed by atoms with Gasteiger partial charge in [-0.2, -0.15) is 0 Å². The van der Waals surface area contributed by atoms with E-state index in [-0.39, 0.29) is 0 Å². The standard InChI is InChI=1S/C17H17Cl2NO3/c1-23-17(22)16(21)15(20-19)9-11-5-7-12(8-6-11)13-3-2-4-14(18)10-13/h2-8,10,15-16,20-21H,9H2,1H3/t15-,16+/m1/s1. The van der Waals surface area contributed by atoms with Crippen molar-refractivity contribution in [1.82, 2.24) is 4.84 Å². The van der Waals surface area contributed by atoms with E-state index < -0.39 is 18.1 Å². The van der Waals surface area contributed by atoms with Gasteiger partial charge in [0, 0.05) is 5.02 Å². The second-order valence-corrected chi connectivity index (χ2v) is 5.75. The summed E-state index contributed by atoms with van der Waals surface area (Å²) in [6.07, 6.45) is -0.944. The minimum Gasteiger partial charge on any atom is -0.467 e. The van der Waals surface area contributed by atoms with E-state index in [1.54, 1.807) is 0 Å². The molecular formula is C17H17Cl2NO3. The number of hydrogen-bond donors (Lipinski definition) is 2. The first-order valence-electron chi connectivity index (χ1n) is 7.02. The average Bonchev–Trinajstić information content (AvgIpc) is 2.59. The van der Waals surface area contributed by atoms with Gasteiger partial charge in [0.15, 0.2) is 6.10 Å². The first-order chi connectivity index (χ1) is 11.0. The van der Waals surface area contributed by atoms with Crippen LogP contribution >= 0.6 is 23.4 Å². The predicted molar refractivity (Wildman–Crippen MR) is 91.4 cm³/mol. The Bertz CT molecular complexity index is 661. The molecule has 23 heavy (non-hydrogen) atoms. The van der Waals surface area contributed by atoms with Gasteiger partial charge in [0.2, 0.25) is 0 Å². The van der Waals surface area contributed by atoms with Crippen LogP contribution < -0.4 is 4.84 Å². The summed E-state index contributed by atoms with van der Waals surface area (Å²) >= 11 is 11.6. The number of hydrogen-bond acceptors (Lipinski definition) is 4. The maximum absolute atomic E-state index is 11.4. The highest BCUT2D eigenvalue weighted by Gasteiger charge is 2.26. The molecule has 2 N–H and O–H groups in total. The first-order valence-corrected chi connectivity index (χ1v) is 7.77. The number of carbonyl (C=O) groups excluding carboxylic acids is 1. The summed E-state index contributed by atoms with van der Waals surface area (Å²) in [5, 5.41) is 10.5. The molecule has 0 saturated carbocycles. The lowest BCUT2D eigenvalue weighted by Crippen LogP contribution is -2.42. The third kappa shape index (κ3) is 4.69. The molecule has 0 fully saturated rings. The normalized spacial score (nSPS) is 13.4. The summed E-state index contributed by atoms with van der Waals surface area (Å²) in [6.45, 7) is 0. The number of aliphatic hydroxyl groups is 1. The van der Waals surface area contributed by atoms with Crippen LogP contribution in [0.4, 0.5) is 0 Å². The molecule has 0 bridgehead atoms. The van der Waals surface area contributed by atoms with E-state index in [0.29, 0.717) is 11.4 Å². The molecule has 0 unspecified atom stereocenters. The largest absolute Gasteiger partial charge is 0.467 e. The molecule has 2 aromatic carbocycles. The minimum atomic E-state index is -1.33. The zero-order valence-corrected chi connectivity index (χ0v) is 14.0. The van der Waals surface area contributed by atoms with Crippen molar-refractivity contribution in [2.45, 2.75) is 18.6 Å². The summed E-state index contributed by atoms with van der Waals surface area (Å²) in [5.41, 5.74) is 2.97. The molecule has 0 aliphatic carbocycles. The van der Waals surface area contributed by atoms with Gasteiger partial charge in [-0.1, -0.05) is 48.0 Å². The number of carbonyl (C=O) groups is 1. The van der Waals surface area contributed by atoms with E-state index in [2.05, 4.69) is 9.57 Å². The van der Waals surface area contributed by atoms with Crippen molar-refractivity contribution in [2.75, 3.05) is 7.11 Å². The lowest BCUT2D eigenvalue weighted by atomic mass is 9.99. The van der Waals surface area contributed by atoms with Crippen molar-refractivity contribution in [3.05, 3.63) is 59.1 Å². The van der Waals surface area contributed by atoms with Crippen LogP contribution in [0.1, 0.15) is 5.56 Å². The molecule has 6 heteroatoms. The molecule has 0 radical (unpaired) electrons. The van der Waals surface area contributed by atoms with Gasteiger partial charge >= 0.3 is 5.97 Å². The van der Waals surface area contributed by atoms with Crippen LogP contribution in [0.25, 0.3) is 11.1 Å². The molecule has 0 heterocycles. The number of halogens is 2. The number of aliphatic hydroxyl groups excluding tert-OH is 1. The predicted octanol–water partition coefficient (Wildman–Crippen LogP) is 3.20. The Balaban J connectivity index is 2.11. The van der Waals surface area contributed by atoms with Gasteiger partial charge < -0.3 is 9.84 Å². The fourth-order valence-electron chi connectivity index (χ4n) is 2.25. The zero-order chi connectivity index (χ0) is 16.8. The topological polar surface area (TPSA) is 58.6 Å². The van der Waals surface area contributed by atoms with E-state index in [9.17, 15) is 9.90 Å². The Hall–Kier alpha value is -1.59. The first kappa shape index (κ1) is 17.8. The summed E-state index contributed by atoms with van der Waals surface area (Å²) in [7, 11) is 1.22. The van der Waals surface area contributed by atoms with Gasteiger partial charge in [0.25, 0.3) is 0 Å². The van der Waals surface area contributed by atoms with E-state index >= 15 is 0 Å². The smallest absolute Gasteiger partial charge is 0.336 e. The second kappa shape index (κ2) is 8.31. The molecule has 0 saturated heterocycles. The molecule has 0 aliphatic rings. The molecule has 2 rings (SSSR count). The van der Waals surface area contributed by atoms with Crippen LogP contribution in [0.5, 0.6) is 0 Å². The fourth-order valence-corrected chi connectivity index (χ4v) is 2.64. The van der Waals surface area contributed by atoms with E-state index in [0.717, 1.165) is 16.7 Å². The van der Waals surface area contributed by atoms with Crippen LogP contribution in [0, 0.1) is 0 Å². The number of ether oxygens (including phenoxy) is 1. The van der Waals surface area contributed by atoms with Crippen molar-refractivity contribution in [2.24, 2.45) is 0 Å². The molecule has 0 spiro atoms. The van der Waals surface area contributed by atoms with Crippen molar-refractivity contribution in [3.8, 4) is 11.1 Å². The molecule has 4 nitrogen and oxygen atoms in total. The molecule has 2 atom stereocenters. The van der Waals surface area contributed by atoms with E-state index in [1.165, 1.54) is 7.11 Å². The molecule has 0 aliphatic heterocycles. The van der Waals surface area contributed by atoms with Gasteiger partial charge in [-0.15, -0.1) is 0 Å². The summed E-state index contributed by atoms with van der Waals surface area (Å²) in [4.78, 5) is 13.8. The summed E-state index contributed by atoms with van der Waals surface area (Å²) < 4.78 is 4.52. The lowest BCUT2D eigenvalue weighted by molar-refractivity contribution is -0.151. The van der Waals surface area contributed by atoms with Gasteiger partial charge in [-0.3, -0.25) is 0 Å². The van der Waals surface area contributed by atoms with Crippen LogP contribution in [0.2, 0.25) is 5.02 Å². The maximum atomic E-state index is 11.4. The van der Waals surface area contributed by atoms with Crippen molar-refractivity contribution < 1.29 is 14.6 Å². The number of nitrogens with one attached hydrogen (secondary N) is 1. The van der Waals surface area contributed by atoms with Gasteiger partial charge in [0.1, 0.15) is 0 Å². The third-order valence-corrected chi connectivity index (χ3v) is 4.05. The van der Waals surface area contributed by atoms with Gasteiger partial charge in [0.05, 0.1) is 13.2 Å². The average molecular weight is 354 g/mol. The van der Waals surface area contributed by atoms with Crippen LogP contribution in [0.3, 0.4) is 0 Å². The van der Waals surface area contributed by atoms with Crippen molar-refractivity contribution in [3.63, 3.8) is 0 Å². The van der Waals surface area contributed by atoms with Gasteiger partial charge in [-0.25, -0.2) is 9.63 Å². The Kier molecular flexibility index (Phi) is 6.42. The quantitative estimate of drug-likeness (QED) is 0.618. The lowest BCUT2D eigenvalue weighted by Gasteiger charge is -2.19. The summed E-state index contributed by atoms with van der Waals surface area (Å²) in [6, 6.07) is 14.7. The fraction of sp³-hybridized carbons (Fsp3) is 0.235. The second-order valence-electron chi connectivity index (χ2n) is 5.09. The molecule has 0 aromatic heterocycles. The highest BCUT2D eigenvalue weighted by molar-refractivity contribution is 6.30. The van der Waals surface area contributed by atoms with E-state index in [4.69, 9.17) is 23.4 Å². The molecule has 0 amide bonds. The van der Waals surface area contributed by atoms with Crippen LogP contribution in [-0.4, -0.2) is 30.3 Å². The number of esters is 1. The summed E-state index contributed by atoms with van der Waals surface area (Å²) in [5.74, 6) is -0.723. The SMILES string of the molecule is COC(=O)[C@@H](O)[C@@H](Cc1ccc(-c2cccc(Cl)c2)cc1)NCl. The number of methoxy groups -OCH3 is 1. The number of rotatable bonds is 6. The zero-order valence-electron chi connectivity index (χ0n) is 12.5. The number of benzene rings is 2. The maximum Gasteiger partial charge on any atom is 0.336 e. The van der Waals surface area contributed by atoms with E-state index in [1.807, 2.05) is 48.5 Å². The Morgan fingerprint density at radius 3 is 2.48 bits per heavy atom. The Morgan fingerprint density at radius 2 is 1.91 bits per heavy atom. The van der Waals surface area contributed by atoms with Crippen LogP contribution in [-0.2, 0) is 16.0 Å². The van der Waals surface area contributed by atoms with Crippen LogP contribution in [0.15, 0.2) is 48.5 Å². The third-order valence-electron chi connectivity index (χ3n) is 3.53. The minimum absolute atomic E-state index is 0.385. The van der Waals surface area contributed by atoms with Gasteiger partial charge in [-0.05, 0) is 47.0 Å².